The monoisotopic (exact) mass is 563 g/mol. The van der Waals surface area contributed by atoms with E-state index >= 15 is 0 Å². The van der Waals surface area contributed by atoms with Crippen LogP contribution < -0.4 is 0 Å². The van der Waals surface area contributed by atoms with E-state index in [1.54, 1.807) is 0 Å². The summed E-state index contributed by atoms with van der Waals surface area (Å²) >= 11 is 0. The fourth-order valence-corrected chi connectivity index (χ4v) is 4.61. The van der Waals surface area contributed by atoms with Crippen LogP contribution >= 0.6 is 0 Å². The van der Waals surface area contributed by atoms with Gasteiger partial charge in [-0.3, -0.25) is 0 Å². The molecule has 0 rings (SSSR count). The minimum atomic E-state index is -0.752. The van der Waals surface area contributed by atoms with Crippen molar-refractivity contribution in [3.63, 3.8) is 0 Å². The number of hydrogen-bond donors (Lipinski definition) is 1. The molecular weight excluding hydrogens is 496 g/mol. The molecule has 0 saturated carbocycles. The van der Waals surface area contributed by atoms with E-state index in [4.69, 9.17) is 0 Å². The molecule has 1 nitrogen and oxygen atoms in total. The Kier molecular flexibility index (Phi) is 22.2. The van der Waals surface area contributed by atoms with Crippen LogP contribution in [0.2, 0.25) is 0 Å². The topological polar surface area (TPSA) is 20.2 Å². The molecule has 1 heteroatoms. The maximum Gasteiger partial charge on any atom is 0.0802 e. The van der Waals surface area contributed by atoms with E-state index in [-0.39, 0.29) is 0 Å². The van der Waals surface area contributed by atoms with Crippen LogP contribution in [0.4, 0.5) is 0 Å². The second kappa shape index (κ2) is 23.4. The molecule has 1 unspecified atom stereocenters. The van der Waals surface area contributed by atoms with Gasteiger partial charge in [-0.2, -0.15) is 0 Å². The second-order valence-electron chi connectivity index (χ2n) is 13.0. The van der Waals surface area contributed by atoms with Gasteiger partial charge in [0.1, 0.15) is 0 Å². The Bertz CT molecular complexity index is 960. The van der Waals surface area contributed by atoms with Crippen LogP contribution in [0.1, 0.15) is 153 Å². The Labute approximate surface area is 256 Å². The minimum Gasteiger partial charge on any atom is -0.386 e. The van der Waals surface area contributed by atoms with Gasteiger partial charge in [-0.1, -0.05) is 93.7 Å². The number of aliphatic hydroxyl groups is 1. The van der Waals surface area contributed by atoms with Gasteiger partial charge in [0, 0.05) is 0 Å². The molecular formula is C40H66O. The fourth-order valence-electron chi connectivity index (χ4n) is 4.61. The molecule has 1 N–H and O–H groups in total. The normalized spacial score (nSPS) is 15.3. The third-order valence-electron chi connectivity index (χ3n) is 7.50. The third kappa shape index (κ3) is 26.5. The predicted molar refractivity (Wildman–Crippen MR) is 187 cm³/mol. The van der Waals surface area contributed by atoms with Gasteiger partial charge in [-0.05, 0) is 153 Å². The molecule has 0 saturated heterocycles. The molecule has 232 valence electrons. The molecule has 41 heavy (non-hydrogen) atoms. The maximum atomic E-state index is 10.8. The van der Waals surface area contributed by atoms with Gasteiger partial charge >= 0.3 is 0 Å². The lowest BCUT2D eigenvalue weighted by molar-refractivity contribution is 0.103. The summed E-state index contributed by atoms with van der Waals surface area (Å²) < 4.78 is 0. The van der Waals surface area contributed by atoms with Gasteiger partial charge in [0.25, 0.3) is 0 Å². The molecule has 0 heterocycles. The second-order valence-corrected chi connectivity index (χ2v) is 13.0. The van der Waals surface area contributed by atoms with Crippen molar-refractivity contribution in [1.82, 2.24) is 0 Å². The molecule has 0 radical (unpaired) electrons. The van der Waals surface area contributed by atoms with Gasteiger partial charge in [0.2, 0.25) is 0 Å². The molecule has 0 aromatic rings. The van der Waals surface area contributed by atoms with E-state index in [2.05, 4.69) is 111 Å². The Morgan fingerprint density at radius 1 is 0.463 bits per heavy atom. The van der Waals surface area contributed by atoms with Gasteiger partial charge < -0.3 is 5.11 Å². The first-order valence-electron chi connectivity index (χ1n) is 16.3. The van der Waals surface area contributed by atoms with Crippen LogP contribution in [-0.4, -0.2) is 10.7 Å². The molecule has 0 aliphatic heterocycles. The SMILES string of the molecule is CC(C)=CCCC(C)=CCCC(C)=CCCC(C)=CCC=CC(C)(O)CCC=C(C)CCC=C(C)CCC=C(C)C. The van der Waals surface area contributed by atoms with Crippen LogP contribution in [0.3, 0.4) is 0 Å². The van der Waals surface area contributed by atoms with Crippen molar-refractivity contribution in [2.45, 2.75) is 158 Å². The zero-order valence-electron chi connectivity index (χ0n) is 28.8. The quantitative estimate of drug-likeness (QED) is 0.138. The highest BCUT2D eigenvalue weighted by Gasteiger charge is 2.14. The van der Waals surface area contributed by atoms with Crippen LogP contribution in [0, 0.1) is 0 Å². The number of rotatable bonds is 21. The minimum absolute atomic E-state index is 0.752. The van der Waals surface area contributed by atoms with Crippen LogP contribution in [0.5, 0.6) is 0 Å². The Balaban J connectivity index is 4.31. The van der Waals surface area contributed by atoms with Crippen molar-refractivity contribution in [1.29, 1.82) is 0 Å². The van der Waals surface area contributed by atoms with Crippen molar-refractivity contribution in [3.8, 4) is 0 Å². The highest BCUT2D eigenvalue weighted by molar-refractivity contribution is 5.10. The molecule has 0 aliphatic carbocycles. The Morgan fingerprint density at radius 2 is 0.780 bits per heavy atom. The van der Waals surface area contributed by atoms with Crippen LogP contribution in [0.15, 0.2) is 93.7 Å². The summed E-state index contributed by atoms with van der Waals surface area (Å²) in [6.07, 6.45) is 34.5. The third-order valence-corrected chi connectivity index (χ3v) is 7.50. The summed E-state index contributed by atoms with van der Waals surface area (Å²) in [6, 6.07) is 0. The van der Waals surface area contributed by atoms with Crippen LogP contribution in [-0.2, 0) is 0 Å². The highest BCUT2D eigenvalue weighted by atomic mass is 16.3. The van der Waals surface area contributed by atoms with E-state index in [1.165, 1.54) is 45.4 Å². The van der Waals surface area contributed by atoms with Crippen molar-refractivity contribution in [2.24, 2.45) is 0 Å². The number of allylic oxidation sites excluding steroid dienone is 15. The predicted octanol–water partition coefficient (Wildman–Crippen LogP) is 13.0. The van der Waals surface area contributed by atoms with Gasteiger partial charge in [-0.15, -0.1) is 0 Å². The maximum absolute atomic E-state index is 10.8. The largest absolute Gasteiger partial charge is 0.386 e. The molecule has 0 aromatic carbocycles. The summed E-state index contributed by atoms with van der Waals surface area (Å²) in [4.78, 5) is 0. The van der Waals surface area contributed by atoms with E-state index in [9.17, 15) is 5.11 Å². The van der Waals surface area contributed by atoms with Gasteiger partial charge in [-0.25, -0.2) is 0 Å². The first-order chi connectivity index (χ1) is 19.3. The van der Waals surface area contributed by atoms with Crippen molar-refractivity contribution in [2.75, 3.05) is 0 Å². The molecule has 0 aliphatic rings. The summed E-state index contributed by atoms with van der Waals surface area (Å²) in [5.74, 6) is 0. The summed E-state index contributed by atoms with van der Waals surface area (Å²) in [5, 5.41) is 10.8. The smallest absolute Gasteiger partial charge is 0.0802 e. The molecule has 0 aromatic heterocycles. The van der Waals surface area contributed by atoms with E-state index in [0.717, 1.165) is 77.0 Å². The lowest BCUT2D eigenvalue weighted by atomic mass is 9.97. The average Bonchev–Trinajstić information content (AvgIpc) is 2.86. The molecule has 0 spiro atoms. The Morgan fingerprint density at radius 3 is 1.15 bits per heavy atom. The first kappa shape index (κ1) is 38.9. The van der Waals surface area contributed by atoms with E-state index in [1.807, 2.05) is 13.0 Å². The lowest BCUT2D eigenvalue weighted by Gasteiger charge is -2.18. The van der Waals surface area contributed by atoms with Crippen molar-refractivity contribution in [3.05, 3.63) is 93.7 Å². The van der Waals surface area contributed by atoms with E-state index < -0.39 is 5.60 Å². The first-order valence-corrected chi connectivity index (χ1v) is 16.3. The summed E-state index contributed by atoms with van der Waals surface area (Å²) in [7, 11) is 0. The highest BCUT2D eigenvalue weighted by Crippen LogP contribution is 2.18. The van der Waals surface area contributed by atoms with E-state index in [0.29, 0.717) is 0 Å². The standard InChI is InChI=1S/C40H66O/c1-33(2)19-13-22-36(6)25-16-28-38(8)27-15-24-35(5)21-11-12-31-40(10,41)32-18-30-39(9)29-17-26-37(7)23-14-20-34(3)4/h12,19-21,25-27,30-31,41H,11,13-18,22-24,28-29,32H2,1-10H3. The van der Waals surface area contributed by atoms with Gasteiger partial charge in [0.05, 0.1) is 5.60 Å². The van der Waals surface area contributed by atoms with Crippen molar-refractivity contribution < 1.29 is 5.11 Å². The summed E-state index contributed by atoms with van der Waals surface area (Å²) in [5.41, 5.74) is 9.39. The zero-order chi connectivity index (χ0) is 31.1. The zero-order valence-corrected chi connectivity index (χ0v) is 28.8. The van der Waals surface area contributed by atoms with Gasteiger partial charge in [0.15, 0.2) is 0 Å². The Hall–Kier alpha value is -2.12. The molecule has 0 amide bonds. The fraction of sp³-hybridized carbons (Fsp3) is 0.600. The summed E-state index contributed by atoms with van der Waals surface area (Å²) in [6.45, 7) is 21.8. The molecule has 1 atom stereocenters. The van der Waals surface area contributed by atoms with Crippen LogP contribution in [0.25, 0.3) is 0 Å². The lowest BCUT2D eigenvalue weighted by Crippen LogP contribution is -2.19. The number of hydrogen-bond acceptors (Lipinski definition) is 1. The van der Waals surface area contributed by atoms with Crippen molar-refractivity contribution >= 4 is 0 Å². The average molecular weight is 563 g/mol. The molecule has 0 bridgehead atoms. The molecule has 0 fully saturated rings.